The third-order valence-corrected chi connectivity index (χ3v) is 2.99. The highest BCUT2D eigenvalue weighted by Crippen LogP contribution is 2.23. The first kappa shape index (κ1) is 10.4. The van der Waals surface area contributed by atoms with Crippen LogP contribution in [0.4, 0.5) is 5.82 Å². The van der Waals surface area contributed by atoms with Crippen molar-refractivity contribution in [2.24, 2.45) is 5.92 Å². The van der Waals surface area contributed by atoms with Gasteiger partial charge in [0.25, 0.3) is 0 Å². The molecule has 1 fully saturated rings. The average molecular weight is 206 g/mol. The Morgan fingerprint density at radius 1 is 1.60 bits per heavy atom. The molecule has 1 aliphatic heterocycles. The molecule has 1 atom stereocenters. The van der Waals surface area contributed by atoms with Gasteiger partial charge in [0.1, 0.15) is 5.82 Å². The molecule has 0 saturated carbocycles. The Balaban J connectivity index is 2.20. The highest BCUT2D eigenvalue weighted by Gasteiger charge is 2.19. The van der Waals surface area contributed by atoms with E-state index in [2.05, 4.69) is 16.8 Å². The van der Waals surface area contributed by atoms with Crippen molar-refractivity contribution >= 4 is 5.82 Å². The number of nitrogens with zero attached hydrogens (tertiary/aromatic N) is 2. The van der Waals surface area contributed by atoms with Crippen molar-refractivity contribution in [1.82, 2.24) is 4.98 Å². The molecule has 2 heterocycles. The monoisotopic (exact) mass is 206 g/mol. The molecule has 1 saturated heterocycles. The normalized spacial score (nSPS) is 21.7. The van der Waals surface area contributed by atoms with Crippen molar-refractivity contribution in [3.63, 3.8) is 0 Å². The molecule has 0 amide bonds. The van der Waals surface area contributed by atoms with Crippen molar-refractivity contribution in [1.29, 1.82) is 0 Å². The lowest BCUT2D eigenvalue weighted by atomic mass is 10.00. The zero-order chi connectivity index (χ0) is 10.7. The molecule has 0 bridgehead atoms. The van der Waals surface area contributed by atoms with Crippen LogP contribution in [0.2, 0.25) is 0 Å². The number of hydrogen-bond acceptors (Lipinski definition) is 3. The van der Waals surface area contributed by atoms with Crippen LogP contribution in [-0.4, -0.2) is 23.2 Å². The van der Waals surface area contributed by atoms with Crippen LogP contribution in [0.25, 0.3) is 0 Å². The van der Waals surface area contributed by atoms with Crippen molar-refractivity contribution in [2.75, 3.05) is 18.0 Å². The number of anilines is 1. The van der Waals surface area contributed by atoms with Gasteiger partial charge >= 0.3 is 0 Å². The van der Waals surface area contributed by atoms with Gasteiger partial charge in [-0.3, -0.25) is 0 Å². The standard InChI is InChI=1S/C12H18N2O/c1-10-4-3-7-14(8-10)12-11(9-15)5-2-6-13-12/h2,5-6,10,15H,3-4,7-9H2,1H3. The summed E-state index contributed by atoms with van der Waals surface area (Å²) in [5, 5.41) is 9.25. The molecule has 1 N–H and O–H groups in total. The number of rotatable bonds is 2. The SMILES string of the molecule is CC1CCCN(c2ncccc2CO)C1. The van der Waals surface area contributed by atoms with E-state index in [9.17, 15) is 5.11 Å². The molecule has 2 rings (SSSR count). The summed E-state index contributed by atoms with van der Waals surface area (Å²) in [4.78, 5) is 6.66. The van der Waals surface area contributed by atoms with Gasteiger partial charge in [0.15, 0.2) is 0 Å². The van der Waals surface area contributed by atoms with Crippen LogP contribution in [0.5, 0.6) is 0 Å². The lowest BCUT2D eigenvalue weighted by molar-refractivity contribution is 0.281. The second-order valence-electron chi connectivity index (χ2n) is 4.34. The number of aromatic nitrogens is 1. The van der Waals surface area contributed by atoms with Gasteiger partial charge in [0, 0.05) is 24.8 Å². The predicted molar refractivity (Wildman–Crippen MR) is 60.8 cm³/mol. The zero-order valence-corrected chi connectivity index (χ0v) is 9.19. The largest absolute Gasteiger partial charge is 0.392 e. The highest BCUT2D eigenvalue weighted by molar-refractivity contribution is 5.46. The minimum atomic E-state index is 0.0774. The van der Waals surface area contributed by atoms with E-state index in [0.29, 0.717) is 0 Å². The minimum absolute atomic E-state index is 0.0774. The van der Waals surface area contributed by atoms with E-state index in [1.54, 1.807) is 6.20 Å². The smallest absolute Gasteiger partial charge is 0.134 e. The maximum absolute atomic E-state index is 9.25. The van der Waals surface area contributed by atoms with E-state index in [-0.39, 0.29) is 6.61 Å². The molecular formula is C12H18N2O. The van der Waals surface area contributed by atoms with Gasteiger partial charge in [0.05, 0.1) is 6.61 Å². The summed E-state index contributed by atoms with van der Waals surface area (Å²) in [6.07, 6.45) is 4.33. The van der Waals surface area contributed by atoms with Crippen molar-refractivity contribution in [3.05, 3.63) is 23.9 Å². The van der Waals surface area contributed by atoms with Crippen molar-refractivity contribution < 1.29 is 5.11 Å². The second-order valence-corrected chi connectivity index (χ2v) is 4.34. The topological polar surface area (TPSA) is 36.4 Å². The third kappa shape index (κ3) is 2.29. The van der Waals surface area contributed by atoms with Crippen molar-refractivity contribution in [2.45, 2.75) is 26.4 Å². The maximum atomic E-state index is 9.25. The molecule has 82 valence electrons. The fraction of sp³-hybridized carbons (Fsp3) is 0.583. The molecule has 1 aromatic heterocycles. The first-order chi connectivity index (χ1) is 7.31. The summed E-state index contributed by atoms with van der Waals surface area (Å²) in [6.45, 7) is 4.47. The van der Waals surface area contributed by atoms with Crippen LogP contribution >= 0.6 is 0 Å². The summed E-state index contributed by atoms with van der Waals surface area (Å²) >= 11 is 0. The number of piperidine rings is 1. The first-order valence-corrected chi connectivity index (χ1v) is 5.61. The average Bonchev–Trinajstić information content (AvgIpc) is 2.29. The Labute approximate surface area is 90.8 Å². The van der Waals surface area contributed by atoms with Crippen LogP contribution < -0.4 is 4.90 Å². The summed E-state index contributed by atoms with van der Waals surface area (Å²) in [7, 11) is 0. The lowest BCUT2D eigenvalue weighted by Crippen LogP contribution is -2.35. The summed E-state index contributed by atoms with van der Waals surface area (Å²) < 4.78 is 0. The van der Waals surface area contributed by atoms with Crippen LogP contribution in [0.15, 0.2) is 18.3 Å². The Hall–Kier alpha value is -1.09. The van der Waals surface area contributed by atoms with E-state index < -0.39 is 0 Å². The molecule has 1 unspecified atom stereocenters. The van der Waals surface area contributed by atoms with E-state index >= 15 is 0 Å². The fourth-order valence-corrected chi connectivity index (χ4v) is 2.22. The number of aliphatic hydroxyl groups excluding tert-OH is 1. The van der Waals surface area contributed by atoms with Crippen LogP contribution in [0, 0.1) is 5.92 Å². The molecule has 3 heteroatoms. The van der Waals surface area contributed by atoms with Gasteiger partial charge in [-0.15, -0.1) is 0 Å². The number of pyridine rings is 1. The maximum Gasteiger partial charge on any atom is 0.134 e. The van der Waals surface area contributed by atoms with E-state index in [0.717, 1.165) is 30.4 Å². The fourth-order valence-electron chi connectivity index (χ4n) is 2.22. The molecule has 0 aliphatic carbocycles. The quantitative estimate of drug-likeness (QED) is 0.801. The summed E-state index contributed by atoms with van der Waals surface area (Å²) in [5.41, 5.74) is 0.937. The predicted octanol–water partition coefficient (Wildman–Crippen LogP) is 1.81. The molecule has 1 aliphatic rings. The van der Waals surface area contributed by atoms with Gasteiger partial charge in [-0.05, 0) is 24.8 Å². The van der Waals surface area contributed by atoms with Gasteiger partial charge in [0.2, 0.25) is 0 Å². The Morgan fingerprint density at radius 2 is 2.47 bits per heavy atom. The molecule has 3 nitrogen and oxygen atoms in total. The number of hydrogen-bond donors (Lipinski definition) is 1. The van der Waals surface area contributed by atoms with E-state index in [1.807, 2.05) is 12.1 Å². The molecule has 0 radical (unpaired) electrons. The Bertz CT molecular complexity index is 327. The van der Waals surface area contributed by atoms with Gasteiger partial charge in [-0.25, -0.2) is 4.98 Å². The highest BCUT2D eigenvalue weighted by atomic mass is 16.3. The van der Waals surface area contributed by atoms with Crippen LogP contribution in [0.1, 0.15) is 25.3 Å². The second kappa shape index (κ2) is 4.62. The molecule has 1 aromatic rings. The third-order valence-electron chi connectivity index (χ3n) is 2.99. The Morgan fingerprint density at radius 3 is 3.20 bits per heavy atom. The molecule has 15 heavy (non-hydrogen) atoms. The first-order valence-electron chi connectivity index (χ1n) is 5.61. The van der Waals surface area contributed by atoms with Gasteiger partial charge in [-0.1, -0.05) is 13.0 Å². The van der Waals surface area contributed by atoms with Gasteiger partial charge in [-0.2, -0.15) is 0 Å². The van der Waals surface area contributed by atoms with Crippen LogP contribution in [-0.2, 0) is 6.61 Å². The van der Waals surface area contributed by atoms with E-state index in [4.69, 9.17) is 0 Å². The van der Waals surface area contributed by atoms with Gasteiger partial charge < -0.3 is 10.0 Å². The zero-order valence-electron chi connectivity index (χ0n) is 9.19. The summed E-state index contributed by atoms with van der Waals surface area (Å²) in [6, 6.07) is 3.82. The minimum Gasteiger partial charge on any atom is -0.392 e. The molecular weight excluding hydrogens is 188 g/mol. The lowest BCUT2D eigenvalue weighted by Gasteiger charge is -2.32. The summed E-state index contributed by atoms with van der Waals surface area (Å²) in [5.74, 6) is 1.69. The number of aliphatic hydroxyl groups is 1. The van der Waals surface area contributed by atoms with Crippen LogP contribution in [0.3, 0.4) is 0 Å². The van der Waals surface area contributed by atoms with Crippen molar-refractivity contribution in [3.8, 4) is 0 Å². The Kier molecular flexibility index (Phi) is 3.21. The molecule has 0 spiro atoms. The van der Waals surface area contributed by atoms with E-state index in [1.165, 1.54) is 12.8 Å². The molecule has 0 aromatic carbocycles.